The lowest BCUT2D eigenvalue weighted by molar-refractivity contribution is -0.126. The third-order valence-electron chi connectivity index (χ3n) is 8.26. The summed E-state index contributed by atoms with van der Waals surface area (Å²) in [6, 6.07) is 8.04. The van der Waals surface area contributed by atoms with Crippen LogP contribution in [0, 0.1) is 23.7 Å². The van der Waals surface area contributed by atoms with Gasteiger partial charge in [0.15, 0.2) is 0 Å². The molecule has 0 radical (unpaired) electrons. The molecule has 3 bridgehead atoms. The van der Waals surface area contributed by atoms with Gasteiger partial charge in [0.25, 0.3) is 5.91 Å². The van der Waals surface area contributed by atoms with E-state index >= 15 is 0 Å². The summed E-state index contributed by atoms with van der Waals surface area (Å²) in [4.78, 5) is 27.4. The molecule has 5 rings (SSSR count). The molecule has 5 nitrogen and oxygen atoms in total. The van der Waals surface area contributed by atoms with Crippen molar-refractivity contribution in [3.63, 3.8) is 0 Å². The molecule has 32 heavy (non-hydrogen) atoms. The fraction of sp³-hybridized carbons (Fsp3) is 0.556. The van der Waals surface area contributed by atoms with Crippen molar-refractivity contribution in [2.75, 3.05) is 7.05 Å². The predicted molar refractivity (Wildman–Crippen MR) is 125 cm³/mol. The molecule has 4 aliphatic rings. The number of hydrogen-bond donors (Lipinski definition) is 2. The van der Waals surface area contributed by atoms with Crippen molar-refractivity contribution >= 4 is 11.8 Å². The first-order valence-electron chi connectivity index (χ1n) is 12.3. The average Bonchev–Trinajstić information content (AvgIpc) is 3.03. The summed E-state index contributed by atoms with van der Waals surface area (Å²) in [7, 11) is 1.81. The minimum Gasteiger partial charge on any atom is -0.399 e. The summed E-state index contributed by atoms with van der Waals surface area (Å²) >= 11 is 0. The van der Waals surface area contributed by atoms with Crippen LogP contribution in [0.3, 0.4) is 0 Å². The van der Waals surface area contributed by atoms with Crippen molar-refractivity contribution in [1.29, 1.82) is 0 Å². The standard InChI is InChI=1S/C27H35N3O2/c1-30(27(32)21-3-2-4-23(28)15-21)16-17-5-8-20(9-6-17)26(31)29-25-10-7-18-11-19-13-22(12-18)24(25)14-19/h4-6,8-9,15,18-19,22,24-25H,2-3,7,10-14,16,28H2,1H3,(H,29,31). The van der Waals surface area contributed by atoms with Crippen LogP contribution in [0.4, 0.5) is 0 Å². The summed E-state index contributed by atoms with van der Waals surface area (Å²) < 4.78 is 0. The number of allylic oxidation sites excluding steroid dienone is 2. The van der Waals surface area contributed by atoms with E-state index in [4.69, 9.17) is 5.73 Å². The molecule has 2 amide bonds. The van der Waals surface area contributed by atoms with Gasteiger partial charge in [0.2, 0.25) is 5.91 Å². The fourth-order valence-corrected chi connectivity index (χ4v) is 6.77. The highest BCUT2D eigenvalue weighted by molar-refractivity contribution is 5.95. The SMILES string of the molecule is CN(Cc1ccc(C(=O)NC2CCC3CC4CC(C3)C2C4)cc1)C(=O)C1=CC(N)=CCC1. The summed E-state index contributed by atoms with van der Waals surface area (Å²) in [6.45, 7) is 0.511. The van der Waals surface area contributed by atoms with Gasteiger partial charge in [-0.2, -0.15) is 0 Å². The van der Waals surface area contributed by atoms with Gasteiger partial charge in [-0.3, -0.25) is 9.59 Å². The third kappa shape index (κ3) is 4.35. The van der Waals surface area contributed by atoms with E-state index in [0.29, 0.717) is 29.8 Å². The van der Waals surface area contributed by atoms with Gasteiger partial charge in [0.1, 0.15) is 0 Å². The number of nitrogens with one attached hydrogen (secondary N) is 1. The molecule has 1 aromatic rings. The molecule has 1 aromatic carbocycles. The summed E-state index contributed by atoms with van der Waals surface area (Å²) in [6.07, 6.45) is 13.2. The number of benzene rings is 1. The zero-order valence-corrected chi connectivity index (χ0v) is 19.1. The number of rotatable bonds is 5. The van der Waals surface area contributed by atoms with Gasteiger partial charge < -0.3 is 16.0 Å². The van der Waals surface area contributed by atoms with Crippen LogP contribution in [0.1, 0.15) is 67.3 Å². The quantitative estimate of drug-likeness (QED) is 0.732. The van der Waals surface area contributed by atoms with E-state index in [0.717, 1.165) is 48.2 Å². The first-order valence-corrected chi connectivity index (χ1v) is 12.3. The topological polar surface area (TPSA) is 75.4 Å². The number of amides is 2. The number of nitrogens with two attached hydrogens (primary N) is 1. The van der Waals surface area contributed by atoms with E-state index in [2.05, 4.69) is 5.32 Å². The molecule has 3 fully saturated rings. The van der Waals surface area contributed by atoms with Gasteiger partial charge in [-0.1, -0.05) is 18.2 Å². The van der Waals surface area contributed by atoms with E-state index in [1.807, 2.05) is 37.4 Å². The van der Waals surface area contributed by atoms with Gasteiger partial charge in [-0.05, 0) is 98.8 Å². The highest BCUT2D eigenvalue weighted by Crippen LogP contribution is 2.53. The number of carbonyl (C=O) groups is 2. The fourth-order valence-electron chi connectivity index (χ4n) is 6.77. The van der Waals surface area contributed by atoms with Gasteiger partial charge in [-0.25, -0.2) is 0 Å². The maximum absolute atomic E-state index is 13.0. The maximum Gasteiger partial charge on any atom is 0.251 e. The van der Waals surface area contributed by atoms with Crippen LogP contribution < -0.4 is 11.1 Å². The summed E-state index contributed by atoms with van der Waals surface area (Å²) in [5.41, 5.74) is 9.00. The highest BCUT2D eigenvalue weighted by Gasteiger charge is 2.46. The molecule has 4 aliphatic carbocycles. The average molecular weight is 434 g/mol. The molecular weight excluding hydrogens is 398 g/mol. The molecule has 0 aliphatic heterocycles. The Bertz CT molecular complexity index is 948. The first kappa shape index (κ1) is 21.3. The van der Waals surface area contributed by atoms with Crippen LogP contribution in [0.5, 0.6) is 0 Å². The lowest BCUT2D eigenvalue weighted by atomic mass is 9.80. The van der Waals surface area contributed by atoms with Gasteiger partial charge in [0.05, 0.1) is 0 Å². The summed E-state index contributed by atoms with van der Waals surface area (Å²) in [5, 5.41) is 3.39. The monoisotopic (exact) mass is 433 g/mol. The van der Waals surface area contributed by atoms with Crippen molar-refractivity contribution in [2.24, 2.45) is 29.4 Å². The van der Waals surface area contributed by atoms with Crippen LogP contribution in [0.2, 0.25) is 0 Å². The van der Waals surface area contributed by atoms with Crippen LogP contribution in [-0.2, 0) is 11.3 Å². The Kier molecular flexibility index (Phi) is 5.83. The molecule has 0 heterocycles. The third-order valence-corrected chi connectivity index (χ3v) is 8.26. The second-order valence-electron chi connectivity index (χ2n) is 10.5. The molecular formula is C27H35N3O2. The Morgan fingerprint density at radius 2 is 1.84 bits per heavy atom. The molecule has 5 atom stereocenters. The Morgan fingerprint density at radius 1 is 1.06 bits per heavy atom. The second-order valence-corrected chi connectivity index (χ2v) is 10.5. The van der Waals surface area contributed by atoms with Crippen molar-refractivity contribution in [3.05, 3.63) is 58.8 Å². The van der Waals surface area contributed by atoms with Crippen molar-refractivity contribution in [1.82, 2.24) is 10.2 Å². The Balaban J connectivity index is 1.19. The van der Waals surface area contributed by atoms with Crippen molar-refractivity contribution < 1.29 is 9.59 Å². The molecule has 0 aromatic heterocycles. The van der Waals surface area contributed by atoms with Gasteiger partial charge in [0, 0.05) is 36.5 Å². The highest BCUT2D eigenvalue weighted by atomic mass is 16.2. The van der Waals surface area contributed by atoms with E-state index in [1.165, 1.54) is 32.1 Å². The lowest BCUT2D eigenvalue weighted by Crippen LogP contribution is -2.41. The largest absolute Gasteiger partial charge is 0.399 e. The molecule has 3 N–H and O–H groups in total. The van der Waals surface area contributed by atoms with Crippen LogP contribution >= 0.6 is 0 Å². The minimum atomic E-state index is 0.0143. The zero-order chi connectivity index (χ0) is 22.2. The number of likely N-dealkylation sites (N-methyl/N-ethyl adjacent to an activating group) is 1. The molecule has 3 saturated carbocycles. The lowest BCUT2D eigenvalue weighted by Gasteiger charge is -2.27. The molecule has 0 saturated heterocycles. The number of fused-ring (bicyclic) bond motifs is 2. The first-order chi connectivity index (χ1) is 15.5. The smallest absolute Gasteiger partial charge is 0.251 e. The predicted octanol–water partition coefficient (Wildman–Crippen LogP) is 4.15. The van der Waals surface area contributed by atoms with E-state index in [9.17, 15) is 9.59 Å². The van der Waals surface area contributed by atoms with Crippen LogP contribution in [-0.4, -0.2) is 29.8 Å². The van der Waals surface area contributed by atoms with E-state index in [1.54, 1.807) is 11.0 Å². The van der Waals surface area contributed by atoms with Gasteiger partial charge >= 0.3 is 0 Å². The van der Waals surface area contributed by atoms with E-state index < -0.39 is 0 Å². The number of hydrogen-bond acceptors (Lipinski definition) is 3. The number of nitrogens with zero attached hydrogens (tertiary/aromatic N) is 1. The molecule has 170 valence electrons. The summed E-state index contributed by atoms with van der Waals surface area (Å²) in [5.74, 6) is 3.35. The molecule has 5 heteroatoms. The van der Waals surface area contributed by atoms with Crippen LogP contribution in [0.15, 0.2) is 47.7 Å². The maximum atomic E-state index is 13.0. The Morgan fingerprint density at radius 3 is 2.62 bits per heavy atom. The van der Waals surface area contributed by atoms with Crippen molar-refractivity contribution in [2.45, 2.75) is 64.0 Å². The minimum absolute atomic E-state index is 0.0143. The van der Waals surface area contributed by atoms with Crippen molar-refractivity contribution in [3.8, 4) is 0 Å². The number of carbonyl (C=O) groups excluding carboxylic acids is 2. The Labute approximate surface area is 191 Å². The zero-order valence-electron chi connectivity index (χ0n) is 19.1. The van der Waals surface area contributed by atoms with Crippen LogP contribution in [0.25, 0.3) is 0 Å². The van der Waals surface area contributed by atoms with Gasteiger partial charge in [-0.15, -0.1) is 0 Å². The normalized spacial score (nSPS) is 30.8. The second kappa shape index (κ2) is 8.76. The molecule has 0 spiro atoms. The van der Waals surface area contributed by atoms with E-state index in [-0.39, 0.29) is 11.8 Å². The Hall–Kier alpha value is -2.56. The molecule has 5 unspecified atom stereocenters.